The summed E-state index contributed by atoms with van der Waals surface area (Å²) in [5.74, 6) is -0.0999. The minimum absolute atomic E-state index is 0.0999. The predicted molar refractivity (Wildman–Crippen MR) is 112 cm³/mol. The van der Waals surface area contributed by atoms with Gasteiger partial charge in [-0.05, 0) is 41.0 Å². The van der Waals surface area contributed by atoms with E-state index >= 15 is 0 Å². The van der Waals surface area contributed by atoms with Crippen LogP contribution in [0.2, 0.25) is 6.04 Å². The van der Waals surface area contributed by atoms with E-state index in [1.165, 1.54) is 12.2 Å². The minimum Gasteiger partial charge on any atom is -0.374 e. The van der Waals surface area contributed by atoms with Crippen molar-refractivity contribution < 1.29 is 32.3 Å². The third-order valence-corrected chi connectivity index (χ3v) is 7.73. The van der Waals surface area contributed by atoms with Crippen LogP contribution in [0.25, 0.3) is 0 Å². The van der Waals surface area contributed by atoms with Gasteiger partial charge in [-0.25, -0.2) is 19.6 Å². The molecule has 11 heteroatoms. The molecule has 0 aliphatic carbocycles. The van der Waals surface area contributed by atoms with E-state index in [0.29, 0.717) is 51.8 Å². The SMILES string of the molecule is CCOC(OCC)[SiH2]CN=C=O.CCO[Si](CCCN=C=O)(OCC)OCC. The van der Waals surface area contributed by atoms with Crippen LogP contribution in [-0.2, 0) is 32.3 Å². The smallest absolute Gasteiger partial charge is 0.374 e. The molecule has 28 heavy (non-hydrogen) atoms. The molecule has 0 aliphatic rings. The maximum atomic E-state index is 9.93. The molecule has 0 unspecified atom stereocenters. The lowest BCUT2D eigenvalue weighted by molar-refractivity contribution is -0.0826. The molecule has 0 saturated carbocycles. The summed E-state index contributed by atoms with van der Waals surface area (Å²) in [5, 5.41) is 0. The number of carbonyl (C=O) groups excluding carboxylic acids is 2. The predicted octanol–water partition coefficient (Wildman–Crippen LogP) is 1.57. The fourth-order valence-corrected chi connectivity index (χ4v) is 6.05. The highest BCUT2D eigenvalue weighted by atomic mass is 28.4. The molecule has 164 valence electrons. The molecular weight excluding hydrogens is 400 g/mol. The van der Waals surface area contributed by atoms with Crippen molar-refractivity contribution in [1.82, 2.24) is 0 Å². The van der Waals surface area contributed by atoms with Crippen molar-refractivity contribution in [3.05, 3.63) is 0 Å². The summed E-state index contributed by atoms with van der Waals surface area (Å²) in [6.45, 7) is 13.1. The number of hydrogen-bond donors (Lipinski definition) is 0. The van der Waals surface area contributed by atoms with Crippen LogP contribution < -0.4 is 0 Å². The summed E-state index contributed by atoms with van der Waals surface area (Å²) in [4.78, 5) is 26.7. The van der Waals surface area contributed by atoms with Crippen LogP contribution in [0.3, 0.4) is 0 Å². The molecule has 0 radical (unpaired) electrons. The lowest BCUT2D eigenvalue weighted by Gasteiger charge is -2.28. The van der Waals surface area contributed by atoms with Gasteiger partial charge in [0.25, 0.3) is 0 Å². The van der Waals surface area contributed by atoms with Gasteiger partial charge in [-0.15, -0.1) is 0 Å². The molecule has 9 nitrogen and oxygen atoms in total. The zero-order valence-electron chi connectivity index (χ0n) is 17.9. The first kappa shape index (κ1) is 29.2. The van der Waals surface area contributed by atoms with Gasteiger partial charge in [-0.1, -0.05) is 0 Å². The normalized spacial score (nSPS) is 11.1. The number of isocyanates is 2. The number of ether oxygens (including phenoxy) is 2. The molecule has 0 N–H and O–H groups in total. The van der Waals surface area contributed by atoms with E-state index in [2.05, 4.69) is 9.98 Å². The molecule has 0 aromatic rings. The summed E-state index contributed by atoms with van der Waals surface area (Å²) in [6.07, 6.45) is 4.30. The van der Waals surface area contributed by atoms with Crippen LogP contribution in [0.1, 0.15) is 41.0 Å². The summed E-state index contributed by atoms with van der Waals surface area (Å²) < 4.78 is 27.5. The lowest BCUT2D eigenvalue weighted by atomic mass is 10.5. The van der Waals surface area contributed by atoms with Crippen LogP contribution in [0.4, 0.5) is 0 Å². The Balaban J connectivity index is 0. The van der Waals surface area contributed by atoms with Gasteiger partial charge in [0.2, 0.25) is 12.2 Å². The Morgan fingerprint density at radius 1 is 0.821 bits per heavy atom. The summed E-state index contributed by atoms with van der Waals surface area (Å²) in [7, 11) is -3.12. The first-order valence-electron chi connectivity index (χ1n) is 9.81. The molecule has 0 heterocycles. The molecule has 0 aromatic heterocycles. The molecule has 0 atom stereocenters. The summed E-state index contributed by atoms with van der Waals surface area (Å²) >= 11 is 0. The Labute approximate surface area is 172 Å². The van der Waals surface area contributed by atoms with E-state index in [4.69, 9.17) is 22.8 Å². The number of nitrogens with zero attached hydrogens (tertiary/aromatic N) is 2. The van der Waals surface area contributed by atoms with Gasteiger partial charge < -0.3 is 22.8 Å². The van der Waals surface area contributed by atoms with E-state index in [-0.39, 0.29) is 5.91 Å². The van der Waals surface area contributed by atoms with E-state index in [1.807, 2.05) is 34.6 Å². The highest BCUT2D eigenvalue weighted by Gasteiger charge is 2.39. The number of hydrogen-bond acceptors (Lipinski definition) is 9. The standard InChI is InChI=1S/C10H21NO4Si.C7H15NO3Si/c1-4-13-16(14-5-2,15-6-3)9-7-8-11-10-12;1-3-10-7(11-4-2)12-6-8-5-9/h4-9H2,1-3H3;7H,3-4,6,12H2,1-2H3. The zero-order chi connectivity index (χ0) is 21.5. The van der Waals surface area contributed by atoms with Crippen molar-refractivity contribution in [2.45, 2.75) is 53.0 Å². The van der Waals surface area contributed by atoms with E-state index in [0.717, 1.165) is 6.42 Å². The van der Waals surface area contributed by atoms with Crippen molar-refractivity contribution in [3.8, 4) is 0 Å². The van der Waals surface area contributed by atoms with Crippen LogP contribution in [-0.4, -0.2) is 82.1 Å². The van der Waals surface area contributed by atoms with E-state index in [9.17, 15) is 9.59 Å². The average molecular weight is 437 g/mol. The van der Waals surface area contributed by atoms with Crippen molar-refractivity contribution in [2.75, 3.05) is 45.7 Å². The maximum absolute atomic E-state index is 9.93. The van der Waals surface area contributed by atoms with Gasteiger partial charge in [-0.3, -0.25) is 0 Å². The second kappa shape index (κ2) is 22.3. The Kier molecular flexibility index (Phi) is 23.2. The van der Waals surface area contributed by atoms with E-state index in [1.54, 1.807) is 0 Å². The fourth-order valence-electron chi connectivity index (χ4n) is 2.22. The third-order valence-electron chi connectivity index (χ3n) is 3.16. The number of aliphatic imine (C=N–C) groups is 2. The van der Waals surface area contributed by atoms with Gasteiger partial charge in [0.05, 0.1) is 6.54 Å². The molecule has 0 amide bonds. The van der Waals surface area contributed by atoms with Gasteiger partial charge in [0.15, 0.2) is 0 Å². The quantitative estimate of drug-likeness (QED) is 0.112. The largest absolute Gasteiger partial charge is 0.500 e. The van der Waals surface area contributed by atoms with Crippen LogP contribution in [0, 0.1) is 0 Å². The molecule has 0 bridgehead atoms. The summed E-state index contributed by atoms with van der Waals surface area (Å²) in [5.41, 5.74) is 0. The highest BCUT2D eigenvalue weighted by molar-refractivity contribution is 6.60. The van der Waals surface area contributed by atoms with Crippen molar-refractivity contribution in [2.24, 2.45) is 9.98 Å². The van der Waals surface area contributed by atoms with Crippen molar-refractivity contribution in [1.29, 1.82) is 0 Å². The highest BCUT2D eigenvalue weighted by Crippen LogP contribution is 2.18. The van der Waals surface area contributed by atoms with Gasteiger partial charge >= 0.3 is 8.80 Å². The molecule has 0 rings (SSSR count). The second-order valence-electron chi connectivity index (χ2n) is 5.16. The van der Waals surface area contributed by atoms with Gasteiger partial charge in [0, 0.05) is 45.2 Å². The molecule has 0 fully saturated rings. The Morgan fingerprint density at radius 3 is 1.71 bits per heavy atom. The summed E-state index contributed by atoms with van der Waals surface area (Å²) in [6, 6.07) is 0.688. The van der Waals surface area contributed by atoms with Crippen LogP contribution in [0.15, 0.2) is 9.98 Å². The Morgan fingerprint density at radius 2 is 1.32 bits per heavy atom. The zero-order valence-corrected chi connectivity index (χ0v) is 20.3. The fraction of sp³-hybridized carbons (Fsp3) is 0.882. The molecule has 0 aliphatic heterocycles. The molecule has 0 saturated heterocycles. The maximum Gasteiger partial charge on any atom is 0.500 e. The van der Waals surface area contributed by atoms with Gasteiger partial charge in [-0.2, -0.15) is 0 Å². The van der Waals surface area contributed by atoms with Crippen LogP contribution >= 0.6 is 0 Å². The topological polar surface area (TPSA) is 105 Å². The average Bonchev–Trinajstić information content (AvgIpc) is 2.67. The molecule has 0 aromatic carbocycles. The first-order chi connectivity index (χ1) is 13.6. The second-order valence-corrected chi connectivity index (χ2v) is 9.58. The Bertz CT molecular complexity index is 422. The third kappa shape index (κ3) is 17.1. The molecule has 0 spiro atoms. The monoisotopic (exact) mass is 436 g/mol. The van der Waals surface area contributed by atoms with Crippen molar-refractivity contribution >= 4 is 30.5 Å². The minimum atomic E-state index is -2.54. The number of rotatable bonds is 17. The van der Waals surface area contributed by atoms with Crippen LogP contribution in [0.5, 0.6) is 0 Å². The lowest BCUT2D eigenvalue weighted by Crippen LogP contribution is -2.46. The van der Waals surface area contributed by atoms with Gasteiger partial charge in [0.1, 0.15) is 15.4 Å². The first-order valence-corrected chi connectivity index (χ1v) is 13.6. The van der Waals surface area contributed by atoms with Crippen molar-refractivity contribution in [3.63, 3.8) is 0 Å². The van der Waals surface area contributed by atoms with E-state index < -0.39 is 18.3 Å². The molecular formula is C17H36N2O7Si2. The Hall–Kier alpha value is -1.01.